The summed E-state index contributed by atoms with van der Waals surface area (Å²) < 4.78 is 0. The van der Waals surface area contributed by atoms with E-state index in [1.807, 2.05) is 0 Å². The van der Waals surface area contributed by atoms with E-state index < -0.39 is 0 Å². The van der Waals surface area contributed by atoms with Gasteiger partial charge >= 0.3 is 0 Å². The molecule has 2 heteroatoms. The molecule has 0 fully saturated rings. The molecule has 0 saturated heterocycles. The lowest BCUT2D eigenvalue weighted by atomic mass is 9.81. The normalized spacial score (nSPS) is 12.7. The summed E-state index contributed by atoms with van der Waals surface area (Å²) in [7, 11) is 0. The van der Waals surface area contributed by atoms with Crippen molar-refractivity contribution in [3.05, 3.63) is 242 Å². The molecule has 10 aromatic rings. The Morgan fingerprint density at radius 3 is 1.25 bits per heavy atom. The van der Waals surface area contributed by atoms with Crippen LogP contribution in [0.4, 0.5) is 34.1 Å². The molecule has 0 radical (unpaired) electrons. The highest BCUT2D eigenvalue weighted by molar-refractivity contribution is 6.20. The molecule has 0 bridgehead atoms. The standard InChI is InChI=1S/C61H44N2/c1-61(2)54-39-57(62(44-26-12-5-13-27-44)45-28-14-6-15-29-45)50(41-21-8-3-9-22-41)37-52(54)53-38-51(42-23-10-4-11-24-42)58(40-55(53)61)63(46-30-16-7-17-31-46)56-36-35-43-25-20-34-48-47-32-18-19-33-49(47)60(56)59(43)48/h3-40H,1-2H3. The predicted molar refractivity (Wildman–Crippen MR) is 266 cm³/mol. The lowest BCUT2D eigenvalue weighted by molar-refractivity contribution is 0.660. The first kappa shape index (κ1) is 36.9. The van der Waals surface area contributed by atoms with E-state index in [1.165, 1.54) is 83.2 Å². The highest BCUT2D eigenvalue weighted by Gasteiger charge is 2.39. The number of hydrogen-bond acceptors (Lipinski definition) is 2. The van der Waals surface area contributed by atoms with Crippen LogP contribution < -0.4 is 9.80 Å². The first-order valence-corrected chi connectivity index (χ1v) is 21.9. The summed E-state index contributed by atoms with van der Waals surface area (Å²) in [6.07, 6.45) is 0. The molecule has 0 atom stereocenters. The van der Waals surface area contributed by atoms with E-state index in [-0.39, 0.29) is 5.41 Å². The maximum Gasteiger partial charge on any atom is 0.0547 e. The molecule has 0 amide bonds. The van der Waals surface area contributed by atoms with E-state index in [4.69, 9.17) is 0 Å². The molecule has 298 valence electrons. The molecule has 0 aromatic heterocycles. The van der Waals surface area contributed by atoms with Gasteiger partial charge in [-0.3, -0.25) is 0 Å². The van der Waals surface area contributed by atoms with Crippen molar-refractivity contribution < 1.29 is 0 Å². The van der Waals surface area contributed by atoms with Crippen molar-refractivity contribution >= 4 is 44.9 Å². The van der Waals surface area contributed by atoms with Crippen molar-refractivity contribution in [1.29, 1.82) is 0 Å². The molecule has 2 nitrogen and oxygen atoms in total. The summed E-state index contributed by atoms with van der Waals surface area (Å²) in [5.41, 5.74) is 21.6. The van der Waals surface area contributed by atoms with Gasteiger partial charge in [0.1, 0.15) is 0 Å². The highest BCUT2D eigenvalue weighted by Crippen LogP contribution is 2.58. The second kappa shape index (κ2) is 14.6. The van der Waals surface area contributed by atoms with Gasteiger partial charge in [-0.25, -0.2) is 0 Å². The monoisotopic (exact) mass is 804 g/mol. The Morgan fingerprint density at radius 2 is 0.730 bits per heavy atom. The summed E-state index contributed by atoms with van der Waals surface area (Å²) >= 11 is 0. The van der Waals surface area contributed by atoms with Crippen LogP contribution >= 0.6 is 0 Å². The smallest absolute Gasteiger partial charge is 0.0547 e. The number of fused-ring (bicyclic) bond motifs is 6. The van der Waals surface area contributed by atoms with Gasteiger partial charge in [0, 0.05) is 39.2 Å². The average Bonchev–Trinajstić information content (AvgIpc) is 3.79. The molecule has 10 aromatic carbocycles. The second-order valence-corrected chi connectivity index (χ2v) is 17.3. The minimum Gasteiger partial charge on any atom is -0.310 e. The van der Waals surface area contributed by atoms with Gasteiger partial charge in [-0.05, 0) is 128 Å². The van der Waals surface area contributed by atoms with E-state index in [1.54, 1.807) is 0 Å². The SMILES string of the molecule is CC1(C)c2cc(N(c3ccccc3)c3ccccc3)c(-c3ccccc3)cc2-c2cc(-c3ccccc3)c(N(c3ccccc3)c3ccc4cccc5c4c3-c3ccccc3-5)cc21. The van der Waals surface area contributed by atoms with Crippen molar-refractivity contribution in [2.45, 2.75) is 19.3 Å². The van der Waals surface area contributed by atoms with E-state index in [0.29, 0.717) is 0 Å². The van der Waals surface area contributed by atoms with Crippen LogP contribution in [0, 0.1) is 0 Å². The third-order valence-corrected chi connectivity index (χ3v) is 13.4. The molecule has 2 aliphatic rings. The van der Waals surface area contributed by atoms with Gasteiger partial charge < -0.3 is 9.80 Å². The molecular weight excluding hydrogens is 761 g/mol. The van der Waals surface area contributed by atoms with Crippen molar-refractivity contribution in [1.82, 2.24) is 0 Å². The predicted octanol–water partition coefficient (Wildman–Crippen LogP) is 17.1. The van der Waals surface area contributed by atoms with Crippen LogP contribution in [0.3, 0.4) is 0 Å². The Hall–Kier alpha value is -7.94. The second-order valence-electron chi connectivity index (χ2n) is 17.3. The zero-order valence-corrected chi connectivity index (χ0v) is 35.3. The van der Waals surface area contributed by atoms with Crippen molar-refractivity contribution in [3.8, 4) is 55.6 Å². The summed E-state index contributed by atoms with van der Waals surface area (Å²) in [6.45, 7) is 4.83. The maximum atomic E-state index is 2.53. The van der Waals surface area contributed by atoms with Crippen molar-refractivity contribution in [2.24, 2.45) is 0 Å². The number of para-hydroxylation sites is 3. The fourth-order valence-electron chi connectivity index (χ4n) is 10.4. The van der Waals surface area contributed by atoms with E-state index in [0.717, 1.165) is 28.4 Å². The van der Waals surface area contributed by atoms with Crippen LogP contribution in [0.1, 0.15) is 25.0 Å². The molecule has 0 saturated carbocycles. The zero-order chi connectivity index (χ0) is 42.1. The quantitative estimate of drug-likeness (QED) is 0.151. The summed E-state index contributed by atoms with van der Waals surface area (Å²) in [6, 6.07) is 84.7. The fraction of sp³-hybridized carbons (Fsp3) is 0.0492. The number of nitrogens with zero attached hydrogens (tertiary/aromatic N) is 2. The topological polar surface area (TPSA) is 6.48 Å². The Kier molecular flexibility index (Phi) is 8.55. The minimum atomic E-state index is -0.333. The van der Waals surface area contributed by atoms with Crippen LogP contribution in [0.25, 0.3) is 66.4 Å². The average molecular weight is 805 g/mol. The van der Waals surface area contributed by atoms with Crippen molar-refractivity contribution in [2.75, 3.05) is 9.80 Å². The van der Waals surface area contributed by atoms with E-state index in [2.05, 4.69) is 254 Å². The Bertz CT molecular complexity index is 3300. The third-order valence-electron chi connectivity index (χ3n) is 13.4. The molecule has 12 rings (SSSR count). The number of rotatable bonds is 8. The molecular formula is C61H44N2. The van der Waals surface area contributed by atoms with Gasteiger partial charge in [0.25, 0.3) is 0 Å². The first-order chi connectivity index (χ1) is 31.0. The van der Waals surface area contributed by atoms with Gasteiger partial charge in [-0.1, -0.05) is 178 Å². The van der Waals surface area contributed by atoms with Gasteiger partial charge in [-0.2, -0.15) is 0 Å². The molecule has 0 heterocycles. The summed E-state index contributed by atoms with van der Waals surface area (Å²) in [5.74, 6) is 0. The van der Waals surface area contributed by atoms with Crippen LogP contribution in [-0.2, 0) is 5.41 Å². The minimum absolute atomic E-state index is 0.333. The van der Waals surface area contributed by atoms with Crippen LogP contribution in [-0.4, -0.2) is 0 Å². The van der Waals surface area contributed by atoms with Crippen LogP contribution in [0.5, 0.6) is 0 Å². The Balaban J connectivity index is 1.14. The number of benzene rings is 10. The lowest BCUT2D eigenvalue weighted by Crippen LogP contribution is -2.18. The zero-order valence-electron chi connectivity index (χ0n) is 35.3. The molecule has 0 N–H and O–H groups in total. The van der Waals surface area contributed by atoms with Gasteiger partial charge in [0.2, 0.25) is 0 Å². The summed E-state index contributed by atoms with van der Waals surface area (Å²) in [4.78, 5) is 4.96. The molecule has 2 aliphatic carbocycles. The number of anilines is 6. The summed E-state index contributed by atoms with van der Waals surface area (Å²) in [5, 5.41) is 2.57. The van der Waals surface area contributed by atoms with E-state index >= 15 is 0 Å². The van der Waals surface area contributed by atoms with E-state index in [9.17, 15) is 0 Å². The molecule has 63 heavy (non-hydrogen) atoms. The highest BCUT2D eigenvalue weighted by atomic mass is 15.2. The Labute approximate surface area is 369 Å². The maximum absolute atomic E-state index is 2.53. The Morgan fingerprint density at radius 1 is 0.302 bits per heavy atom. The van der Waals surface area contributed by atoms with Crippen molar-refractivity contribution in [3.63, 3.8) is 0 Å². The van der Waals surface area contributed by atoms with Gasteiger partial charge in [0.15, 0.2) is 0 Å². The third kappa shape index (κ3) is 5.86. The van der Waals surface area contributed by atoms with Gasteiger partial charge in [0.05, 0.1) is 17.1 Å². The van der Waals surface area contributed by atoms with Crippen LogP contribution in [0.15, 0.2) is 231 Å². The lowest BCUT2D eigenvalue weighted by Gasteiger charge is -2.32. The molecule has 0 unspecified atom stereocenters. The molecule has 0 spiro atoms. The number of hydrogen-bond donors (Lipinski definition) is 0. The fourth-order valence-corrected chi connectivity index (χ4v) is 10.4. The van der Waals surface area contributed by atoms with Gasteiger partial charge in [-0.15, -0.1) is 0 Å². The largest absolute Gasteiger partial charge is 0.310 e. The van der Waals surface area contributed by atoms with Crippen LogP contribution in [0.2, 0.25) is 0 Å². The first-order valence-electron chi connectivity index (χ1n) is 21.9. The molecule has 0 aliphatic heterocycles.